The zero-order valence-electron chi connectivity index (χ0n) is 16.4. The van der Waals surface area contributed by atoms with Crippen LogP contribution in [0.5, 0.6) is 0 Å². The smallest absolute Gasteiger partial charge is 0.346 e. The monoisotopic (exact) mass is 513 g/mol. The Morgan fingerprint density at radius 2 is 1.26 bits per heavy atom. The molecule has 3 heterocycles. The summed E-state index contributed by atoms with van der Waals surface area (Å²) in [7, 11) is -1.18. The number of hydrogen-bond acceptors (Lipinski definition) is 10. The van der Waals surface area contributed by atoms with Gasteiger partial charge in [-0.15, -0.1) is 0 Å². The zero-order chi connectivity index (χ0) is 22.3. The van der Waals surface area contributed by atoms with E-state index in [0.29, 0.717) is 0 Å². The molecule has 4 rings (SSSR count). The van der Waals surface area contributed by atoms with Crippen molar-refractivity contribution in [2.75, 3.05) is 14.2 Å². The van der Waals surface area contributed by atoms with Crippen LogP contribution < -0.4 is 0 Å². The first kappa shape index (κ1) is 22.5. The van der Waals surface area contributed by atoms with Crippen molar-refractivity contribution in [2.45, 2.75) is 21.6 Å². The molecule has 0 radical (unpaired) electrons. The number of thioether (sulfide) groups is 4. The van der Waals surface area contributed by atoms with Gasteiger partial charge in [-0.3, -0.25) is 0 Å². The van der Waals surface area contributed by atoms with E-state index in [2.05, 4.69) is 0 Å². The normalized spacial score (nSPS) is 16.0. The summed E-state index contributed by atoms with van der Waals surface area (Å²) in [5.74, 6) is -1.20. The van der Waals surface area contributed by atoms with Gasteiger partial charge >= 0.3 is 11.9 Å². The van der Waals surface area contributed by atoms with Crippen LogP contribution in [0.1, 0.15) is 5.56 Å². The molecule has 0 saturated carbocycles. The van der Waals surface area contributed by atoms with Crippen LogP contribution in [0.4, 0.5) is 0 Å². The maximum Gasteiger partial charge on any atom is 0.346 e. The first-order valence-electron chi connectivity index (χ1n) is 8.65. The van der Waals surface area contributed by atoms with Gasteiger partial charge in [0.15, 0.2) is 0 Å². The van der Waals surface area contributed by atoms with Crippen molar-refractivity contribution >= 4 is 69.0 Å². The van der Waals surface area contributed by atoms with Crippen molar-refractivity contribution in [1.29, 1.82) is 0 Å². The van der Waals surface area contributed by atoms with Crippen molar-refractivity contribution < 1.29 is 27.5 Å². The maximum atomic E-state index is 12.9. The quantitative estimate of drug-likeness (QED) is 0.548. The third-order valence-corrected chi connectivity index (χ3v) is 11.4. The number of carbonyl (C=O) groups is 2. The average Bonchev–Trinajstić information content (AvgIpc) is 3.45. The molecule has 0 unspecified atom stereocenters. The Morgan fingerprint density at radius 1 is 0.806 bits per heavy atom. The van der Waals surface area contributed by atoms with E-state index in [0.717, 1.165) is 47.4 Å². The van der Waals surface area contributed by atoms with E-state index >= 15 is 0 Å². The Kier molecular flexibility index (Phi) is 6.28. The molecule has 0 atom stereocenters. The van der Waals surface area contributed by atoms with Gasteiger partial charge in [0.1, 0.15) is 9.81 Å². The lowest BCUT2D eigenvalue weighted by molar-refractivity contribution is -0.138. The van der Waals surface area contributed by atoms with Crippen molar-refractivity contribution in [3.63, 3.8) is 0 Å². The molecule has 0 bridgehead atoms. The maximum absolute atomic E-state index is 12.9. The Balaban J connectivity index is 1.59. The molecule has 2 aliphatic heterocycles. The van der Waals surface area contributed by atoms with Gasteiger partial charge in [-0.1, -0.05) is 64.7 Å². The summed E-state index contributed by atoms with van der Waals surface area (Å²) in [4.78, 5) is 26.3. The molecule has 0 aliphatic carbocycles. The highest BCUT2D eigenvalue weighted by Crippen LogP contribution is 2.61. The number of aryl methyl sites for hydroxylation is 1. The molecular formula is C19H15NO6S5. The fourth-order valence-corrected chi connectivity index (χ4v) is 9.31. The summed E-state index contributed by atoms with van der Waals surface area (Å²) in [6.07, 6.45) is 3.16. The highest BCUT2D eigenvalue weighted by Gasteiger charge is 2.36. The molecular weight excluding hydrogens is 499 g/mol. The van der Waals surface area contributed by atoms with Gasteiger partial charge < -0.3 is 9.47 Å². The number of rotatable bonds is 4. The average molecular weight is 514 g/mol. The minimum Gasteiger partial charge on any atom is -0.465 e. The number of ether oxygens (including phenoxy) is 2. The molecule has 0 fully saturated rings. The van der Waals surface area contributed by atoms with E-state index < -0.39 is 22.0 Å². The first-order chi connectivity index (χ1) is 14.7. The molecule has 2 aliphatic rings. The summed E-state index contributed by atoms with van der Waals surface area (Å²) in [5, 5.41) is 0. The highest BCUT2D eigenvalue weighted by molar-refractivity contribution is 8.33. The molecule has 2 aromatic rings. The standard InChI is InChI=1S/C19H15NO6S5/c1-10-4-6-11(7-5-10)31(23,24)20-8-12-13(9-20)28-18(27-12)19-29-14(16(21)25-2)15(30-19)17(22)26-3/h4-9H,1-3H3. The molecule has 0 saturated heterocycles. The number of nitrogens with zero attached hydrogens (tertiary/aromatic N) is 1. The Bertz CT molecular complexity index is 1200. The predicted molar refractivity (Wildman–Crippen MR) is 123 cm³/mol. The molecule has 1 aromatic heterocycles. The molecule has 31 heavy (non-hydrogen) atoms. The first-order valence-corrected chi connectivity index (χ1v) is 13.4. The summed E-state index contributed by atoms with van der Waals surface area (Å²) in [6, 6.07) is 6.69. The summed E-state index contributed by atoms with van der Waals surface area (Å²) in [6.45, 7) is 1.90. The van der Waals surface area contributed by atoms with Crippen LogP contribution in [0, 0.1) is 6.92 Å². The number of carbonyl (C=O) groups excluding carboxylic acids is 2. The molecule has 7 nitrogen and oxygen atoms in total. The number of hydrogen-bond donors (Lipinski definition) is 0. The van der Waals surface area contributed by atoms with E-state index in [9.17, 15) is 18.0 Å². The minimum absolute atomic E-state index is 0.187. The van der Waals surface area contributed by atoms with E-state index in [-0.39, 0.29) is 14.7 Å². The van der Waals surface area contributed by atoms with E-state index in [1.807, 2.05) is 6.92 Å². The number of esters is 2. The number of methoxy groups -OCH3 is 2. The fourth-order valence-electron chi connectivity index (χ4n) is 2.66. The Morgan fingerprint density at radius 3 is 1.71 bits per heavy atom. The second-order valence-corrected chi connectivity index (χ2v) is 12.8. The van der Waals surface area contributed by atoms with Crippen molar-refractivity contribution in [2.24, 2.45) is 0 Å². The summed E-state index contributed by atoms with van der Waals surface area (Å²) >= 11 is 5.10. The van der Waals surface area contributed by atoms with Crippen molar-refractivity contribution in [3.8, 4) is 0 Å². The number of benzene rings is 1. The molecule has 12 heteroatoms. The second-order valence-electron chi connectivity index (χ2n) is 6.26. The van der Waals surface area contributed by atoms with E-state index in [1.54, 1.807) is 36.7 Å². The van der Waals surface area contributed by atoms with Crippen LogP contribution in [-0.2, 0) is 29.1 Å². The van der Waals surface area contributed by atoms with Crippen LogP contribution in [0.2, 0.25) is 0 Å². The minimum atomic E-state index is -3.68. The Labute approximate surface area is 196 Å². The van der Waals surface area contributed by atoms with Crippen LogP contribution in [0.25, 0.3) is 0 Å². The van der Waals surface area contributed by atoms with Gasteiger partial charge in [0.25, 0.3) is 10.0 Å². The molecule has 0 amide bonds. The predicted octanol–water partition coefficient (Wildman–Crippen LogP) is 4.40. The number of aromatic nitrogens is 1. The highest BCUT2D eigenvalue weighted by atomic mass is 32.2. The molecule has 0 spiro atoms. The second kappa shape index (κ2) is 8.66. The van der Waals surface area contributed by atoms with Crippen molar-refractivity contribution in [1.82, 2.24) is 3.97 Å². The van der Waals surface area contributed by atoms with Crippen LogP contribution in [0.3, 0.4) is 0 Å². The fraction of sp³-hybridized carbons (Fsp3) is 0.158. The van der Waals surface area contributed by atoms with Crippen LogP contribution >= 0.6 is 47.0 Å². The van der Waals surface area contributed by atoms with Gasteiger partial charge in [0.2, 0.25) is 0 Å². The molecule has 1 aromatic carbocycles. The zero-order valence-corrected chi connectivity index (χ0v) is 20.5. The lowest BCUT2D eigenvalue weighted by Crippen LogP contribution is -2.10. The largest absolute Gasteiger partial charge is 0.465 e. The van der Waals surface area contributed by atoms with E-state index in [1.165, 1.54) is 41.7 Å². The summed E-state index contributed by atoms with van der Waals surface area (Å²) in [5.41, 5.74) is 0.981. The van der Waals surface area contributed by atoms with Crippen molar-refractivity contribution in [3.05, 3.63) is 60.5 Å². The van der Waals surface area contributed by atoms with Gasteiger partial charge in [-0.05, 0) is 19.1 Å². The van der Waals surface area contributed by atoms with Gasteiger partial charge in [-0.25, -0.2) is 22.0 Å². The van der Waals surface area contributed by atoms with Crippen LogP contribution in [-0.4, -0.2) is 38.5 Å². The summed E-state index contributed by atoms with van der Waals surface area (Å²) < 4.78 is 38.2. The third kappa shape index (κ3) is 4.19. The van der Waals surface area contributed by atoms with Crippen LogP contribution in [0.15, 0.2) is 69.6 Å². The topological polar surface area (TPSA) is 91.7 Å². The van der Waals surface area contributed by atoms with Gasteiger partial charge in [-0.2, -0.15) is 0 Å². The molecule has 162 valence electrons. The lowest BCUT2D eigenvalue weighted by Gasteiger charge is -2.07. The number of fused-ring (bicyclic) bond motifs is 1. The lowest BCUT2D eigenvalue weighted by atomic mass is 10.2. The third-order valence-electron chi connectivity index (χ3n) is 4.24. The van der Waals surface area contributed by atoms with Gasteiger partial charge in [0.05, 0.1) is 27.6 Å². The van der Waals surface area contributed by atoms with Gasteiger partial charge in [0, 0.05) is 22.2 Å². The SMILES string of the molecule is COC(=O)C1=C(C(=O)OC)SC(=C2Sc3cn(S(=O)(=O)c4ccc(C)cc4)cc3S2)S1. The Hall–Kier alpha value is -1.73. The van der Waals surface area contributed by atoms with E-state index in [4.69, 9.17) is 9.47 Å². The molecule has 0 N–H and O–H groups in total.